The first kappa shape index (κ1) is 12.9. The van der Waals surface area contributed by atoms with E-state index in [4.69, 9.17) is 5.26 Å². The Morgan fingerprint density at radius 3 is 2.59 bits per heavy atom. The van der Waals surface area contributed by atoms with Crippen LogP contribution in [0.25, 0.3) is 0 Å². The lowest BCUT2D eigenvalue weighted by molar-refractivity contribution is 0.198. The van der Waals surface area contributed by atoms with Crippen LogP contribution in [0.5, 0.6) is 0 Å². The maximum Gasteiger partial charge on any atom is 0.0628 e. The van der Waals surface area contributed by atoms with Crippen LogP contribution in [0.3, 0.4) is 0 Å². The van der Waals surface area contributed by atoms with Crippen molar-refractivity contribution < 1.29 is 0 Å². The molecule has 17 heavy (non-hydrogen) atoms. The first-order chi connectivity index (χ1) is 8.23. The van der Waals surface area contributed by atoms with Gasteiger partial charge in [0.1, 0.15) is 0 Å². The number of hydrogen-bond acceptors (Lipinski definition) is 3. The van der Waals surface area contributed by atoms with Gasteiger partial charge in [-0.15, -0.1) is 0 Å². The number of likely N-dealkylation sites (N-methyl/N-ethyl adjacent to an activating group) is 1. The zero-order chi connectivity index (χ0) is 12.3. The number of likely N-dealkylation sites (tertiary alicyclic amines) is 1. The highest BCUT2D eigenvalue weighted by Crippen LogP contribution is 2.49. The van der Waals surface area contributed by atoms with Gasteiger partial charge in [0.15, 0.2) is 0 Å². The van der Waals surface area contributed by atoms with E-state index in [9.17, 15) is 0 Å². The zero-order valence-corrected chi connectivity index (χ0v) is 11.3. The molecule has 96 valence electrons. The molecule has 2 rings (SSSR count). The quantitative estimate of drug-likeness (QED) is 0.706. The number of rotatable bonds is 6. The normalized spacial score (nSPS) is 27.3. The van der Waals surface area contributed by atoms with E-state index in [2.05, 4.69) is 29.7 Å². The summed E-state index contributed by atoms with van der Waals surface area (Å²) in [5.74, 6) is 0. The molecule has 0 aromatic heterocycles. The molecule has 1 unspecified atom stereocenters. The lowest BCUT2D eigenvalue weighted by Gasteiger charge is -2.27. The molecule has 1 heterocycles. The van der Waals surface area contributed by atoms with Gasteiger partial charge in [-0.2, -0.15) is 5.26 Å². The predicted octanol–water partition coefficient (Wildman–Crippen LogP) is 2.10. The maximum atomic E-state index is 8.86. The van der Waals surface area contributed by atoms with E-state index < -0.39 is 0 Å². The highest BCUT2D eigenvalue weighted by Gasteiger charge is 2.44. The summed E-state index contributed by atoms with van der Waals surface area (Å²) >= 11 is 0. The van der Waals surface area contributed by atoms with Crippen LogP contribution < -0.4 is 0 Å². The van der Waals surface area contributed by atoms with Gasteiger partial charge in [-0.1, -0.05) is 13.8 Å². The minimum Gasteiger partial charge on any atom is -0.301 e. The van der Waals surface area contributed by atoms with Crippen molar-refractivity contribution in [3.8, 4) is 6.07 Å². The van der Waals surface area contributed by atoms with Crippen molar-refractivity contribution in [2.24, 2.45) is 5.41 Å². The number of nitriles is 1. The van der Waals surface area contributed by atoms with Crippen molar-refractivity contribution in [3.05, 3.63) is 0 Å². The summed E-state index contributed by atoms with van der Waals surface area (Å²) in [6.07, 6.45) is 4.61. The average Bonchev–Trinajstić information content (AvgIpc) is 2.91. The summed E-state index contributed by atoms with van der Waals surface area (Å²) in [6, 6.07) is 3.12. The molecule has 1 saturated heterocycles. The van der Waals surface area contributed by atoms with Gasteiger partial charge in [0.25, 0.3) is 0 Å². The second-order valence-electron chi connectivity index (χ2n) is 5.73. The third-order valence-electron chi connectivity index (χ3n) is 4.55. The monoisotopic (exact) mass is 235 g/mol. The smallest absolute Gasteiger partial charge is 0.0628 e. The molecule has 0 radical (unpaired) electrons. The SMILES string of the molecule is CCN(CC)C1CCN(CC2(CC#N)CC2)C1. The van der Waals surface area contributed by atoms with Crippen LogP contribution in [0.15, 0.2) is 0 Å². The highest BCUT2D eigenvalue weighted by molar-refractivity contribution is 5.02. The van der Waals surface area contributed by atoms with Gasteiger partial charge in [-0.05, 0) is 44.3 Å². The van der Waals surface area contributed by atoms with Crippen molar-refractivity contribution in [1.29, 1.82) is 5.26 Å². The van der Waals surface area contributed by atoms with Crippen LogP contribution in [0, 0.1) is 16.7 Å². The molecule has 0 N–H and O–H groups in total. The van der Waals surface area contributed by atoms with Gasteiger partial charge in [-0.3, -0.25) is 4.90 Å². The van der Waals surface area contributed by atoms with Gasteiger partial charge in [-0.25, -0.2) is 0 Å². The van der Waals surface area contributed by atoms with E-state index >= 15 is 0 Å². The molecule has 2 aliphatic rings. The van der Waals surface area contributed by atoms with Crippen molar-refractivity contribution in [2.75, 3.05) is 32.7 Å². The molecule has 0 amide bonds. The Balaban J connectivity index is 1.80. The van der Waals surface area contributed by atoms with Crippen LogP contribution in [0.4, 0.5) is 0 Å². The molecule has 1 aliphatic heterocycles. The molecule has 0 bridgehead atoms. The van der Waals surface area contributed by atoms with E-state index in [-0.39, 0.29) is 0 Å². The Labute approximate surface area is 105 Å². The van der Waals surface area contributed by atoms with Crippen molar-refractivity contribution in [1.82, 2.24) is 9.80 Å². The minimum atomic E-state index is 0.382. The summed E-state index contributed by atoms with van der Waals surface area (Å²) in [4.78, 5) is 5.16. The van der Waals surface area contributed by atoms with Crippen LogP contribution in [0.1, 0.15) is 39.5 Å². The van der Waals surface area contributed by atoms with Crippen LogP contribution in [0.2, 0.25) is 0 Å². The van der Waals surface area contributed by atoms with Gasteiger partial charge in [0, 0.05) is 25.6 Å². The fourth-order valence-electron chi connectivity index (χ4n) is 3.20. The molecule has 0 aromatic carbocycles. The van der Waals surface area contributed by atoms with Crippen molar-refractivity contribution in [3.63, 3.8) is 0 Å². The minimum absolute atomic E-state index is 0.382. The van der Waals surface area contributed by atoms with E-state index in [0.29, 0.717) is 5.41 Å². The molecule has 2 fully saturated rings. The van der Waals surface area contributed by atoms with Crippen molar-refractivity contribution >= 4 is 0 Å². The Kier molecular flexibility index (Phi) is 4.06. The standard InChI is InChI=1S/C14H25N3/c1-3-17(4-2)13-5-10-16(11-13)12-14(6-7-14)8-9-15/h13H,3-8,10-12H2,1-2H3. The second-order valence-corrected chi connectivity index (χ2v) is 5.73. The van der Waals surface area contributed by atoms with E-state index in [1.807, 2.05) is 0 Å². The Morgan fingerprint density at radius 1 is 1.35 bits per heavy atom. The molecule has 1 saturated carbocycles. The van der Waals surface area contributed by atoms with Gasteiger partial charge >= 0.3 is 0 Å². The Morgan fingerprint density at radius 2 is 2.06 bits per heavy atom. The topological polar surface area (TPSA) is 30.3 Å². The maximum absolute atomic E-state index is 8.86. The highest BCUT2D eigenvalue weighted by atomic mass is 15.3. The first-order valence-corrected chi connectivity index (χ1v) is 7.06. The summed E-state index contributed by atoms with van der Waals surface area (Å²) in [6.45, 7) is 10.5. The van der Waals surface area contributed by atoms with Gasteiger partial charge in [0.2, 0.25) is 0 Å². The zero-order valence-electron chi connectivity index (χ0n) is 11.3. The van der Waals surface area contributed by atoms with Crippen LogP contribution >= 0.6 is 0 Å². The summed E-state index contributed by atoms with van der Waals surface area (Å²) < 4.78 is 0. The summed E-state index contributed by atoms with van der Waals surface area (Å²) in [5, 5.41) is 8.86. The van der Waals surface area contributed by atoms with E-state index in [1.54, 1.807) is 0 Å². The van der Waals surface area contributed by atoms with Crippen LogP contribution in [-0.2, 0) is 0 Å². The fourth-order valence-corrected chi connectivity index (χ4v) is 3.20. The molecule has 0 spiro atoms. The fraction of sp³-hybridized carbons (Fsp3) is 0.929. The molecular weight excluding hydrogens is 210 g/mol. The molecule has 3 heteroatoms. The second kappa shape index (κ2) is 5.37. The molecule has 3 nitrogen and oxygen atoms in total. The summed E-state index contributed by atoms with van der Waals surface area (Å²) in [7, 11) is 0. The average molecular weight is 235 g/mol. The number of nitrogens with zero attached hydrogens (tertiary/aromatic N) is 3. The Hall–Kier alpha value is -0.590. The molecule has 1 aliphatic carbocycles. The third kappa shape index (κ3) is 3.00. The van der Waals surface area contributed by atoms with Crippen molar-refractivity contribution in [2.45, 2.75) is 45.6 Å². The molecule has 1 atom stereocenters. The Bertz CT molecular complexity index is 286. The molecular formula is C14H25N3. The van der Waals surface area contributed by atoms with E-state index in [1.165, 1.54) is 52.0 Å². The predicted molar refractivity (Wildman–Crippen MR) is 69.7 cm³/mol. The lowest BCUT2D eigenvalue weighted by Crippen LogP contribution is -2.38. The lowest BCUT2D eigenvalue weighted by atomic mass is 10.0. The molecule has 0 aromatic rings. The van der Waals surface area contributed by atoms with Gasteiger partial charge in [0.05, 0.1) is 6.07 Å². The number of hydrogen-bond donors (Lipinski definition) is 0. The van der Waals surface area contributed by atoms with E-state index in [0.717, 1.165) is 12.5 Å². The van der Waals surface area contributed by atoms with Gasteiger partial charge < -0.3 is 4.90 Å². The van der Waals surface area contributed by atoms with Crippen LogP contribution in [-0.4, -0.2) is 48.6 Å². The third-order valence-corrected chi connectivity index (χ3v) is 4.55. The first-order valence-electron chi connectivity index (χ1n) is 7.06. The largest absolute Gasteiger partial charge is 0.301 e. The summed E-state index contributed by atoms with van der Waals surface area (Å²) in [5.41, 5.74) is 0.382.